The zero-order valence-corrected chi connectivity index (χ0v) is 8.62. The van der Waals surface area contributed by atoms with Gasteiger partial charge < -0.3 is 9.84 Å². The number of carboxylic acids is 1. The van der Waals surface area contributed by atoms with Crippen molar-refractivity contribution in [1.29, 1.82) is 0 Å². The van der Waals surface area contributed by atoms with Gasteiger partial charge in [-0.25, -0.2) is 9.78 Å². The highest BCUT2D eigenvalue weighted by molar-refractivity contribution is 5.90. The van der Waals surface area contributed by atoms with Crippen LogP contribution in [0.5, 0.6) is 5.88 Å². The maximum Gasteiger partial charge on any atom is 0.341 e. The van der Waals surface area contributed by atoms with Crippen molar-refractivity contribution in [3.05, 3.63) is 22.9 Å². The third-order valence-corrected chi connectivity index (χ3v) is 2.69. The number of hydrogen-bond acceptors (Lipinski definition) is 3. The molecule has 1 heterocycles. The van der Waals surface area contributed by atoms with Crippen molar-refractivity contribution in [2.75, 3.05) is 7.11 Å². The molecule has 4 heteroatoms. The number of carboxylic acid groups (broad SMARTS) is 1. The van der Waals surface area contributed by atoms with E-state index in [9.17, 15) is 4.79 Å². The van der Waals surface area contributed by atoms with Crippen LogP contribution in [-0.4, -0.2) is 23.2 Å². The molecule has 0 unspecified atom stereocenters. The molecule has 0 saturated heterocycles. The molecule has 4 nitrogen and oxygen atoms in total. The summed E-state index contributed by atoms with van der Waals surface area (Å²) in [6.45, 7) is 0. The normalized spacial score (nSPS) is 14.5. The highest BCUT2D eigenvalue weighted by Gasteiger charge is 2.18. The summed E-state index contributed by atoms with van der Waals surface area (Å²) in [5.74, 6) is -0.754. The smallest absolute Gasteiger partial charge is 0.341 e. The van der Waals surface area contributed by atoms with Gasteiger partial charge in [-0.2, -0.15) is 0 Å². The number of pyridine rings is 1. The number of fused-ring (bicyclic) bond motifs is 1. The standard InChI is InChI=1S/C11H13NO3/c1-15-10-8(11(13)14)6-7-4-2-3-5-9(7)12-10/h6H,2-5H2,1H3,(H,13,14). The van der Waals surface area contributed by atoms with Gasteiger partial charge in [-0.05, 0) is 37.3 Å². The molecule has 1 aliphatic rings. The van der Waals surface area contributed by atoms with Crippen LogP contribution in [0.3, 0.4) is 0 Å². The van der Waals surface area contributed by atoms with E-state index in [-0.39, 0.29) is 11.4 Å². The fourth-order valence-electron chi connectivity index (χ4n) is 1.92. The number of nitrogens with zero attached hydrogens (tertiary/aromatic N) is 1. The minimum Gasteiger partial charge on any atom is -0.480 e. The molecule has 1 aromatic heterocycles. The van der Waals surface area contributed by atoms with Crippen LogP contribution >= 0.6 is 0 Å². The van der Waals surface area contributed by atoms with Crippen LogP contribution in [-0.2, 0) is 12.8 Å². The molecule has 1 aliphatic carbocycles. The van der Waals surface area contributed by atoms with E-state index in [1.807, 2.05) is 0 Å². The van der Waals surface area contributed by atoms with E-state index < -0.39 is 5.97 Å². The van der Waals surface area contributed by atoms with Gasteiger partial charge in [-0.15, -0.1) is 0 Å². The van der Waals surface area contributed by atoms with Gasteiger partial charge in [0.2, 0.25) is 5.88 Å². The molecule has 1 aromatic rings. The van der Waals surface area contributed by atoms with Crippen molar-refractivity contribution >= 4 is 5.97 Å². The Morgan fingerprint density at radius 3 is 2.87 bits per heavy atom. The summed E-state index contributed by atoms with van der Waals surface area (Å²) in [7, 11) is 1.45. The Kier molecular flexibility index (Phi) is 2.58. The molecule has 0 aliphatic heterocycles. The van der Waals surface area contributed by atoms with Crippen molar-refractivity contribution in [3.63, 3.8) is 0 Å². The van der Waals surface area contributed by atoms with Crippen LogP contribution in [0, 0.1) is 0 Å². The number of carbonyl (C=O) groups is 1. The van der Waals surface area contributed by atoms with Crippen LogP contribution in [0.15, 0.2) is 6.07 Å². The zero-order chi connectivity index (χ0) is 10.8. The summed E-state index contributed by atoms with van der Waals surface area (Å²) in [5.41, 5.74) is 2.21. The Hall–Kier alpha value is -1.58. The highest BCUT2D eigenvalue weighted by Crippen LogP contribution is 2.25. The van der Waals surface area contributed by atoms with Crippen LogP contribution in [0.4, 0.5) is 0 Å². The van der Waals surface area contributed by atoms with Crippen molar-refractivity contribution in [1.82, 2.24) is 4.98 Å². The summed E-state index contributed by atoms with van der Waals surface area (Å²) < 4.78 is 4.98. The first-order valence-electron chi connectivity index (χ1n) is 5.02. The van der Waals surface area contributed by atoms with Crippen LogP contribution in [0.25, 0.3) is 0 Å². The Balaban J connectivity index is 2.51. The van der Waals surface area contributed by atoms with Crippen LogP contribution in [0.2, 0.25) is 0 Å². The lowest BCUT2D eigenvalue weighted by Crippen LogP contribution is -2.11. The van der Waals surface area contributed by atoms with Crippen LogP contribution < -0.4 is 4.74 Å². The molecule has 2 rings (SSSR count). The number of rotatable bonds is 2. The molecule has 0 amide bonds. The molecule has 1 N–H and O–H groups in total. The summed E-state index contributed by atoms with van der Waals surface area (Å²) in [6, 6.07) is 1.70. The molecule has 0 radical (unpaired) electrons. The minimum atomic E-state index is -0.979. The Morgan fingerprint density at radius 1 is 1.47 bits per heavy atom. The van der Waals surface area contributed by atoms with E-state index in [4.69, 9.17) is 9.84 Å². The van der Waals surface area contributed by atoms with E-state index in [1.54, 1.807) is 6.07 Å². The predicted octanol–water partition coefficient (Wildman–Crippen LogP) is 1.67. The van der Waals surface area contributed by atoms with E-state index >= 15 is 0 Å². The lowest BCUT2D eigenvalue weighted by molar-refractivity contribution is 0.0692. The molecular weight excluding hydrogens is 194 g/mol. The minimum absolute atomic E-state index is 0.165. The van der Waals surface area contributed by atoms with Gasteiger partial charge in [0.05, 0.1) is 7.11 Å². The van der Waals surface area contributed by atoms with Crippen molar-refractivity contribution in [2.24, 2.45) is 0 Å². The fourth-order valence-corrected chi connectivity index (χ4v) is 1.92. The average molecular weight is 207 g/mol. The maximum atomic E-state index is 10.9. The summed E-state index contributed by atoms with van der Waals surface area (Å²) in [6.07, 6.45) is 4.08. The topological polar surface area (TPSA) is 59.4 Å². The monoisotopic (exact) mass is 207 g/mol. The van der Waals surface area contributed by atoms with E-state index in [0.717, 1.165) is 36.9 Å². The first-order valence-corrected chi connectivity index (χ1v) is 5.02. The number of aryl methyl sites for hydroxylation is 2. The van der Waals surface area contributed by atoms with E-state index in [2.05, 4.69) is 4.98 Å². The molecule has 80 valence electrons. The third-order valence-electron chi connectivity index (χ3n) is 2.69. The van der Waals surface area contributed by atoms with Crippen molar-refractivity contribution in [3.8, 4) is 5.88 Å². The molecule has 0 saturated carbocycles. The Morgan fingerprint density at radius 2 is 2.20 bits per heavy atom. The second-order valence-electron chi connectivity index (χ2n) is 3.66. The van der Waals surface area contributed by atoms with Gasteiger partial charge >= 0.3 is 5.97 Å². The largest absolute Gasteiger partial charge is 0.480 e. The number of hydrogen-bond donors (Lipinski definition) is 1. The maximum absolute atomic E-state index is 10.9. The van der Waals surface area contributed by atoms with Crippen molar-refractivity contribution < 1.29 is 14.6 Å². The molecular formula is C11H13NO3. The number of ether oxygens (including phenoxy) is 1. The molecule has 0 fully saturated rings. The summed E-state index contributed by atoms with van der Waals surface area (Å²) >= 11 is 0. The first kappa shape index (κ1) is 9.96. The molecule has 0 bridgehead atoms. The van der Waals surface area contributed by atoms with Gasteiger partial charge in [0.25, 0.3) is 0 Å². The van der Waals surface area contributed by atoms with Gasteiger partial charge in [0.1, 0.15) is 5.56 Å². The zero-order valence-electron chi connectivity index (χ0n) is 8.62. The molecule has 0 spiro atoms. The number of aromatic nitrogens is 1. The van der Waals surface area contributed by atoms with Gasteiger partial charge in [0, 0.05) is 5.69 Å². The van der Waals surface area contributed by atoms with Gasteiger partial charge in [0.15, 0.2) is 0 Å². The van der Waals surface area contributed by atoms with Crippen LogP contribution in [0.1, 0.15) is 34.5 Å². The molecule has 0 aromatic carbocycles. The van der Waals surface area contributed by atoms with Gasteiger partial charge in [-0.3, -0.25) is 0 Å². The highest BCUT2D eigenvalue weighted by atomic mass is 16.5. The quantitative estimate of drug-likeness (QED) is 0.801. The lowest BCUT2D eigenvalue weighted by atomic mass is 9.95. The molecule has 15 heavy (non-hydrogen) atoms. The molecule has 0 atom stereocenters. The van der Waals surface area contributed by atoms with Crippen molar-refractivity contribution in [2.45, 2.75) is 25.7 Å². The summed E-state index contributed by atoms with van der Waals surface area (Å²) in [5, 5.41) is 8.98. The Labute approximate surface area is 87.9 Å². The summed E-state index contributed by atoms with van der Waals surface area (Å²) in [4.78, 5) is 15.2. The van der Waals surface area contributed by atoms with E-state index in [0.29, 0.717) is 0 Å². The first-order chi connectivity index (χ1) is 7.22. The SMILES string of the molecule is COc1nc2c(cc1C(=O)O)CCCC2. The number of methoxy groups -OCH3 is 1. The van der Waals surface area contributed by atoms with Gasteiger partial charge in [-0.1, -0.05) is 0 Å². The second-order valence-corrected chi connectivity index (χ2v) is 3.66. The Bertz CT molecular complexity index is 401. The fraction of sp³-hybridized carbons (Fsp3) is 0.455. The third kappa shape index (κ3) is 1.79. The average Bonchev–Trinajstić information content (AvgIpc) is 2.27. The predicted molar refractivity (Wildman–Crippen MR) is 54.4 cm³/mol. The number of aromatic carboxylic acids is 1. The lowest BCUT2D eigenvalue weighted by Gasteiger charge is -2.16. The van der Waals surface area contributed by atoms with E-state index in [1.165, 1.54) is 7.11 Å². The second kappa shape index (κ2) is 3.88.